The van der Waals surface area contributed by atoms with Gasteiger partial charge in [-0.1, -0.05) is 6.07 Å². The van der Waals surface area contributed by atoms with Crippen molar-refractivity contribution in [2.75, 3.05) is 0 Å². The second kappa shape index (κ2) is 3.32. The third kappa shape index (κ3) is 1.29. The minimum atomic E-state index is -0.466. The van der Waals surface area contributed by atoms with Crippen molar-refractivity contribution < 1.29 is 4.79 Å². The molecule has 1 aliphatic heterocycles. The summed E-state index contributed by atoms with van der Waals surface area (Å²) in [5.41, 5.74) is 1.29. The highest BCUT2D eigenvalue weighted by molar-refractivity contribution is 9.07. The van der Waals surface area contributed by atoms with E-state index in [0.29, 0.717) is 11.1 Å². The van der Waals surface area contributed by atoms with Crippen LogP contribution in [0.4, 0.5) is 0 Å². The predicted octanol–water partition coefficient (Wildman–Crippen LogP) is 2.54. The molecule has 0 saturated heterocycles. The summed E-state index contributed by atoms with van der Waals surface area (Å²) in [4.78, 5) is 24.8. The minimum absolute atomic E-state index is 0.0615. The molecule has 4 rings (SSSR count). The molecule has 3 aliphatic rings. The Hall–Kier alpha value is -1.10. The van der Waals surface area contributed by atoms with Crippen molar-refractivity contribution >= 4 is 22.1 Å². The van der Waals surface area contributed by atoms with E-state index < -0.39 is 5.66 Å². The first-order valence-corrected chi connectivity index (χ1v) is 7.44. The second-order valence-corrected chi connectivity index (χ2v) is 6.99. The van der Waals surface area contributed by atoms with Gasteiger partial charge in [-0.15, -0.1) is 0 Å². The standard InChI is InChI=1S/C14H15BrN2O2/c1-9-2-3-10(18)16-11(9)12(19)17(15)14(16)7-6-13(8-14)4-5-13/h2-3H,4-8H2,1H3. The number of aryl methyl sites for hydroxylation is 1. The summed E-state index contributed by atoms with van der Waals surface area (Å²) in [5, 5.41) is 0. The summed E-state index contributed by atoms with van der Waals surface area (Å²) >= 11 is 3.44. The maximum atomic E-state index is 12.5. The number of amides is 1. The van der Waals surface area contributed by atoms with E-state index in [1.54, 1.807) is 20.6 Å². The molecule has 1 aromatic heterocycles. The van der Waals surface area contributed by atoms with E-state index in [0.717, 1.165) is 24.8 Å². The number of aromatic nitrogens is 1. The number of halogens is 1. The first-order chi connectivity index (χ1) is 8.99. The van der Waals surface area contributed by atoms with Gasteiger partial charge in [0.15, 0.2) is 0 Å². The fraction of sp³-hybridized carbons (Fsp3) is 0.571. The van der Waals surface area contributed by atoms with E-state index in [1.807, 2.05) is 6.92 Å². The van der Waals surface area contributed by atoms with Gasteiger partial charge in [0, 0.05) is 6.07 Å². The maximum absolute atomic E-state index is 12.5. The van der Waals surface area contributed by atoms with Crippen LogP contribution < -0.4 is 5.56 Å². The zero-order valence-corrected chi connectivity index (χ0v) is 12.4. The van der Waals surface area contributed by atoms with Crippen molar-refractivity contribution in [3.63, 3.8) is 0 Å². The molecule has 5 heteroatoms. The molecule has 0 aromatic carbocycles. The third-order valence-electron chi connectivity index (χ3n) is 5.13. The number of carbonyl (C=O) groups excluding carboxylic acids is 1. The lowest BCUT2D eigenvalue weighted by Crippen LogP contribution is -2.43. The normalized spacial score (nSPS) is 30.4. The van der Waals surface area contributed by atoms with E-state index in [2.05, 4.69) is 16.1 Å². The van der Waals surface area contributed by atoms with Crippen LogP contribution in [0.2, 0.25) is 0 Å². The summed E-state index contributed by atoms with van der Waals surface area (Å²) in [6.45, 7) is 1.89. The Balaban J connectivity index is 1.99. The Morgan fingerprint density at radius 3 is 2.47 bits per heavy atom. The number of carbonyl (C=O) groups is 1. The average Bonchev–Trinajstić information content (AvgIpc) is 2.97. The zero-order chi connectivity index (χ0) is 13.4. The lowest BCUT2D eigenvalue weighted by atomic mass is 10.0. The minimum Gasteiger partial charge on any atom is -0.278 e. The molecule has 1 atom stereocenters. The molecule has 1 aromatic rings. The molecule has 19 heavy (non-hydrogen) atoms. The smallest absolute Gasteiger partial charge is 0.278 e. The lowest BCUT2D eigenvalue weighted by Gasteiger charge is -2.31. The molecule has 0 N–H and O–H groups in total. The number of hydrogen-bond acceptors (Lipinski definition) is 2. The second-order valence-electron chi connectivity index (χ2n) is 6.28. The highest BCUT2D eigenvalue weighted by Crippen LogP contribution is 2.65. The summed E-state index contributed by atoms with van der Waals surface area (Å²) < 4.78 is 3.38. The summed E-state index contributed by atoms with van der Waals surface area (Å²) in [6.07, 6.45) is 5.37. The first-order valence-electron chi connectivity index (χ1n) is 6.73. The Bertz CT molecular complexity index is 662. The Labute approximate surface area is 119 Å². The molecule has 2 spiro atoms. The largest absolute Gasteiger partial charge is 0.282 e. The molecule has 100 valence electrons. The van der Waals surface area contributed by atoms with Crippen LogP contribution in [0, 0.1) is 12.3 Å². The molecular weight excluding hydrogens is 308 g/mol. The Morgan fingerprint density at radius 1 is 1.16 bits per heavy atom. The lowest BCUT2D eigenvalue weighted by molar-refractivity contribution is 0.0743. The molecule has 2 fully saturated rings. The number of nitrogens with zero attached hydrogens (tertiary/aromatic N) is 2. The third-order valence-corrected chi connectivity index (χ3v) is 6.11. The summed E-state index contributed by atoms with van der Waals surface area (Å²) in [5.74, 6) is -0.0760. The topological polar surface area (TPSA) is 42.3 Å². The van der Waals surface area contributed by atoms with E-state index in [-0.39, 0.29) is 11.5 Å². The van der Waals surface area contributed by atoms with E-state index >= 15 is 0 Å². The van der Waals surface area contributed by atoms with Crippen molar-refractivity contribution in [2.45, 2.75) is 44.7 Å². The fourth-order valence-electron chi connectivity index (χ4n) is 3.89. The zero-order valence-electron chi connectivity index (χ0n) is 10.8. The van der Waals surface area contributed by atoms with Crippen molar-refractivity contribution in [3.05, 3.63) is 33.7 Å². The predicted molar refractivity (Wildman–Crippen MR) is 74.0 cm³/mol. The molecule has 1 amide bonds. The molecule has 2 saturated carbocycles. The van der Waals surface area contributed by atoms with Crippen LogP contribution in [0.5, 0.6) is 0 Å². The van der Waals surface area contributed by atoms with Crippen molar-refractivity contribution in [3.8, 4) is 0 Å². The van der Waals surface area contributed by atoms with Crippen LogP contribution >= 0.6 is 16.1 Å². The SMILES string of the molecule is Cc1ccc(=O)n2c1C(=O)N(Br)C21CCC2(CC2)C1. The van der Waals surface area contributed by atoms with Crippen LogP contribution in [-0.2, 0) is 5.66 Å². The highest BCUT2D eigenvalue weighted by atomic mass is 79.9. The van der Waals surface area contributed by atoms with E-state index in [4.69, 9.17) is 0 Å². The monoisotopic (exact) mass is 322 g/mol. The molecule has 4 nitrogen and oxygen atoms in total. The Morgan fingerprint density at radius 2 is 1.84 bits per heavy atom. The van der Waals surface area contributed by atoms with Crippen LogP contribution in [0.3, 0.4) is 0 Å². The van der Waals surface area contributed by atoms with Gasteiger partial charge in [-0.3, -0.25) is 14.2 Å². The molecule has 2 heterocycles. The fourth-order valence-corrected chi connectivity index (χ4v) is 4.52. The quantitative estimate of drug-likeness (QED) is 0.689. The molecule has 1 unspecified atom stereocenters. The molecular formula is C14H15BrN2O2. The Kier molecular flexibility index (Phi) is 2.04. The number of fused-ring (bicyclic) bond motifs is 2. The van der Waals surface area contributed by atoms with Crippen molar-refractivity contribution in [1.82, 2.24) is 8.49 Å². The first kappa shape index (κ1) is 11.7. The summed E-state index contributed by atoms with van der Waals surface area (Å²) in [7, 11) is 0. The van der Waals surface area contributed by atoms with Gasteiger partial charge in [0.05, 0.1) is 16.1 Å². The highest BCUT2D eigenvalue weighted by Gasteiger charge is 2.62. The van der Waals surface area contributed by atoms with Crippen LogP contribution in [0.1, 0.15) is 48.2 Å². The maximum Gasteiger partial charge on any atom is 0.282 e. The molecule has 0 radical (unpaired) electrons. The number of hydrogen-bond donors (Lipinski definition) is 0. The van der Waals surface area contributed by atoms with Gasteiger partial charge >= 0.3 is 0 Å². The molecule has 0 bridgehead atoms. The van der Waals surface area contributed by atoms with Gasteiger partial charge in [-0.2, -0.15) is 0 Å². The van der Waals surface area contributed by atoms with Gasteiger partial charge in [-0.25, -0.2) is 3.93 Å². The van der Waals surface area contributed by atoms with Crippen molar-refractivity contribution in [1.29, 1.82) is 0 Å². The van der Waals surface area contributed by atoms with E-state index in [9.17, 15) is 9.59 Å². The van der Waals surface area contributed by atoms with Gasteiger partial charge in [0.2, 0.25) is 0 Å². The van der Waals surface area contributed by atoms with Gasteiger partial charge in [0.25, 0.3) is 11.5 Å². The van der Waals surface area contributed by atoms with Gasteiger partial charge in [0.1, 0.15) is 11.4 Å². The average molecular weight is 323 g/mol. The van der Waals surface area contributed by atoms with E-state index in [1.165, 1.54) is 12.8 Å². The van der Waals surface area contributed by atoms with Crippen molar-refractivity contribution in [2.24, 2.45) is 5.41 Å². The molecule has 2 aliphatic carbocycles. The van der Waals surface area contributed by atoms with Gasteiger partial charge in [-0.05, 0) is 50.0 Å². The van der Waals surface area contributed by atoms with Crippen LogP contribution in [0.15, 0.2) is 16.9 Å². The van der Waals surface area contributed by atoms with Gasteiger partial charge < -0.3 is 0 Å². The number of pyridine rings is 1. The number of rotatable bonds is 0. The van der Waals surface area contributed by atoms with Crippen LogP contribution in [0.25, 0.3) is 0 Å². The van der Waals surface area contributed by atoms with Crippen LogP contribution in [-0.4, -0.2) is 14.4 Å². The summed E-state index contributed by atoms with van der Waals surface area (Å²) in [6, 6.07) is 3.33.